The second kappa shape index (κ2) is 11.6. The van der Waals surface area contributed by atoms with Crippen molar-refractivity contribution in [2.75, 3.05) is 17.2 Å². The number of aromatic nitrogens is 1. The predicted molar refractivity (Wildman–Crippen MR) is 124 cm³/mol. The highest BCUT2D eigenvalue weighted by Gasteiger charge is 2.34. The van der Waals surface area contributed by atoms with Crippen LogP contribution in [0.2, 0.25) is 0 Å². The molecule has 1 aromatic carbocycles. The molecule has 1 heterocycles. The van der Waals surface area contributed by atoms with E-state index in [0.717, 1.165) is 24.4 Å². The zero-order valence-electron chi connectivity index (χ0n) is 18.6. The molecule has 2 rings (SSSR count). The van der Waals surface area contributed by atoms with Crippen LogP contribution in [0.25, 0.3) is 0 Å². The Balaban J connectivity index is 2.48. The predicted octanol–water partition coefficient (Wildman–Crippen LogP) is 3.33. The molecule has 8 nitrogen and oxygen atoms in total. The number of nitrogens with two attached hydrogens (primary N) is 2. The maximum absolute atomic E-state index is 13.6. The molecule has 0 unspecified atom stereocenters. The van der Waals surface area contributed by atoms with Crippen LogP contribution in [-0.2, 0) is 4.79 Å². The molecule has 1 atom stereocenters. The average molecular weight is 464 g/mol. The smallest absolute Gasteiger partial charge is 0.272 e. The number of anilines is 2. The number of nitrogens with zero attached hydrogens (tertiary/aromatic N) is 2. The SMILES string of the molecule is CCCC[C@@H](C(=O)NCCC(C)C)N(C(=O)c1snc(C(N)=O)c1N)c1ccc(F)cc1. The first kappa shape index (κ1) is 25.3. The molecular formula is C22H30FN5O3S. The molecule has 0 radical (unpaired) electrons. The van der Waals surface area contributed by atoms with E-state index in [2.05, 4.69) is 23.5 Å². The average Bonchev–Trinajstić information content (AvgIpc) is 3.13. The van der Waals surface area contributed by atoms with Gasteiger partial charge in [-0.15, -0.1) is 0 Å². The van der Waals surface area contributed by atoms with E-state index < -0.39 is 23.7 Å². The van der Waals surface area contributed by atoms with Crippen molar-refractivity contribution >= 4 is 40.6 Å². The van der Waals surface area contributed by atoms with Gasteiger partial charge in [0.2, 0.25) is 5.91 Å². The van der Waals surface area contributed by atoms with E-state index in [1.165, 1.54) is 29.2 Å². The fourth-order valence-corrected chi connectivity index (χ4v) is 3.90. The highest BCUT2D eigenvalue weighted by atomic mass is 32.1. The third-order valence-electron chi connectivity index (χ3n) is 4.95. The molecule has 0 spiro atoms. The van der Waals surface area contributed by atoms with Crippen molar-refractivity contribution in [1.82, 2.24) is 9.69 Å². The van der Waals surface area contributed by atoms with Gasteiger partial charge < -0.3 is 16.8 Å². The summed E-state index contributed by atoms with van der Waals surface area (Å²) in [5.74, 6) is -1.82. The van der Waals surface area contributed by atoms with E-state index >= 15 is 0 Å². The molecule has 174 valence electrons. The first-order valence-corrected chi connectivity index (χ1v) is 11.4. The van der Waals surface area contributed by atoms with Crippen molar-refractivity contribution in [2.45, 2.75) is 52.5 Å². The molecule has 0 aliphatic heterocycles. The minimum absolute atomic E-state index is 0.000367. The van der Waals surface area contributed by atoms with E-state index in [1.807, 2.05) is 6.92 Å². The van der Waals surface area contributed by atoms with Gasteiger partial charge in [-0.2, -0.15) is 4.37 Å². The number of carbonyl (C=O) groups excluding carboxylic acids is 3. The number of benzene rings is 1. The molecule has 0 bridgehead atoms. The normalized spacial score (nSPS) is 11.9. The third-order valence-corrected chi connectivity index (χ3v) is 5.80. The van der Waals surface area contributed by atoms with Gasteiger partial charge in [-0.1, -0.05) is 33.6 Å². The molecule has 1 aromatic heterocycles. The van der Waals surface area contributed by atoms with Crippen molar-refractivity contribution in [2.24, 2.45) is 11.7 Å². The molecule has 5 N–H and O–H groups in total. The summed E-state index contributed by atoms with van der Waals surface area (Å²) >= 11 is 0.741. The van der Waals surface area contributed by atoms with Gasteiger partial charge in [-0.05, 0) is 54.6 Å². The highest BCUT2D eigenvalue weighted by Crippen LogP contribution is 2.29. The Hall–Kier alpha value is -3.01. The third kappa shape index (κ3) is 6.25. The number of carbonyl (C=O) groups is 3. The van der Waals surface area contributed by atoms with Crippen molar-refractivity contribution in [3.05, 3.63) is 40.7 Å². The number of nitrogen functional groups attached to an aromatic ring is 1. The molecule has 0 aliphatic rings. The van der Waals surface area contributed by atoms with Crippen LogP contribution in [0, 0.1) is 11.7 Å². The Labute approximate surface area is 191 Å². The lowest BCUT2D eigenvalue weighted by molar-refractivity contribution is -0.122. The molecule has 10 heteroatoms. The molecule has 0 saturated carbocycles. The number of unbranched alkanes of at least 4 members (excludes halogenated alkanes) is 1. The number of halogens is 1. The second-order valence-electron chi connectivity index (χ2n) is 7.92. The Morgan fingerprint density at radius 2 is 1.84 bits per heavy atom. The van der Waals surface area contributed by atoms with Crippen LogP contribution in [-0.4, -0.2) is 34.7 Å². The lowest BCUT2D eigenvalue weighted by Gasteiger charge is -2.31. The summed E-state index contributed by atoms with van der Waals surface area (Å²) in [5.41, 5.74) is 11.3. The number of nitrogens with one attached hydrogen (secondary N) is 1. The summed E-state index contributed by atoms with van der Waals surface area (Å²) in [6, 6.07) is 4.44. The van der Waals surface area contributed by atoms with Crippen LogP contribution in [0.1, 0.15) is 66.6 Å². The Morgan fingerprint density at radius 1 is 1.19 bits per heavy atom. The van der Waals surface area contributed by atoms with E-state index in [1.54, 1.807) is 0 Å². The minimum atomic E-state index is -0.849. The van der Waals surface area contributed by atoms with Crippen molar-refractivity contribution in [3.63, 3.8) is 0 Å². The summed E-state index contributed by atoms with van der Waals surface area (Å²) in [5, 5.41) is 2.90. The molecule has 0 aliphatic carbocycles. The fraction of sp³-hybridized carbons (Fsp3) is 0.455. The standard InChI is InChI=1S/C22H30FN5O3S/c1-4-5-6-16(21(30)26-12-11-13(2)3)28(15-9-7-14(23)8-10-15)22(31)19-17(24)18(20(25)29)27-32-19/h7-10,13,16H,4-6,11-12,24H2,1-3H3,(H2,25,29)(H,26,30)/t16-/m0/s1. The van der Waals surface area contributed by atoms with Gasteiger partial charge >= 0.3 is 0 Å². The van der Waals surface area contributed by atoms with E-state index in [4.69, 9.17) is 11.5 Å². The summed E-state index contributed by atoms with van der Waals surface area (Å²) in [7, 11) is 0. The van der Waals surface area contributed by atoms with Gasteiger partial charge in [0.1, 0.15) is 16.7 Å². The fourth-order valence-electron chi connectivity index (χ4n) is 3.16. The van der Waals surface area contributed by atoms with Gasteiger partial charge in [0.05, 0.1) is 5.69 Å². The zero-order valence-corrected chi connectivity index (χ0v) is 19.4. The van der Waals surface area contributed by atoms with Gasteiger partial charge in [0.25, 0.3) is 11.8 Å². The van der Waals surface area contributed by atoms with Gasteiger partial charge in [0, 0.05) is 12.2 Å². The first-order chi connectivity index (χ1) is 15.2. The van der Waals surface area contributed by atoms with Crippen molar-refractivity contribution in [1.29, 1.82) is 0 Å². The van der Waals surface area contributed by atoms with Crippen LogP contribution in [0.5, 0.6) is 0 Å². The monoisotopic (exact) mass is 463 g/mol. The Bertz CT molecular complexity index is 946. The molecule has 0 fully saturated rings. The van der Waals surface area contributed by atoms with E-state index in [9.17, 15) is 18.8 Å². The molecule has 32 heavy (non-hydrogen) atoms. The van der Waals surface area contributed by atoms with Gasteiger partial charge in [-0.25, -0.2) is 4.39 Å². The summed E-state index contributed by atoms with van der Waals surface area (Å²) in [6.07, 6.45) is 2.70. The topological polar surface area (TPSA) is 131 Å². The van der Waals surface area contributed by atoms with Crippen molar-refractivity contribution in [3.8, 4) is 0 Å². The van der Waals surface area contributed by atoms with Crippen LogP contribution in [0.3, 0.4) is 0 Å². The number of primary amides is 1. The van der Waals surface area contributed by atoms with Crippen molar-refractivity contribution < 1.29 is 18.8 Å². The number of amides is 3. The minimum Gasteiger partial charge on any atom is -0.395 e. The Kier molecular flexibility index (Phi) is 9.13. The molecule has 2 aromatic rings. The van der Waals surface area contributed by atoms with Crippen LogP contribution in [0.15, 0.2) is 24.3 Å². The summed E-state index contributed by atoms with van der Waals surface area (Å²) < 4.78 is 17.5. The maximum Gasteiger partial charge on any atom is 0.272 e. The molecule has 3 amide bonds. The quantitative estimate of drug-likeness (QED) is 0.470. The first-order valence-electron chi connectivity index (χ1n) is 10.6. The Morgan fingerprint density at radius 3 is 2.38 bits per heavy atom. The van der Waals surface area contributed by atoms with Gasteiger partial charge in [-0.3, -0.25) is 19.3 Å². The zero-order chi connectivity index (χ0) is 23.8. The molecular weight excluding hydrogens is 433 g/mol. The number of hydrogen-bond acceptors (Lipinski definition) is 6. The summed E-state index contributed by atoms with van der Waals surface area (Å²) in [6.45, 7) is 6.56. The lowest BCUT2D eigenvalue weighted by atomic mass is 10.0. The molecule has 0 saturated heterocycles. The number of hydrogen-bond donors (Lipinski definition) is 3. The maximum atomic E-state index is 13.6. The largest absolute Gasteiger partial charge is 0.395 e. The van der Waals surface area contributed by atoms with Crippen LogP contribution >= 0.6 is 11.5 Å². The number of rotatable bonds is 11. The van der Waals surface area contributed by atoms with Crippen LogP contribution in [0.4, 0.5) is 15.8 Å². The second-order valence-corrected chi connectivity index (χ2v) is 8.69. The van der Waals surface area contributed by atoms with E-state index in [0.29, 0.717) is 31.0 Å². The van der Waals surface area contributed by atoms with E-state index in [-0.39, 0.29) is 22.2 Å². The van der Waals surface area contributed by atoms with Crippen LogP contribution < -0.4 is 21.7 Å². The highest BCUT2D eigenvalue weighted by molar-refractivity contribution is 7.09. The lowest BCUT2D eigenvalue weighted by Crippen LogP contribution is -2.50. The summed E-state index contributed by atoms with van der Waals surface area (Å²) in [4.78, 5) is 39.6. The van der Waals surface area contributed by atoms with Gasteiger partial charge in [0.15, 0.2) is 5.69 Å².